The molecule has 0 spiro atoms. The van der Waals surface area contributed by atoms with Gasteiger partial charge in [-0.3, -0.25) is 0 Å². The summed E-state index contributed by atoms with van der Waals surface area (Å²) in [5, 5.41) is 6.34. The molecule has 3 heterocycles. The Kier molecular flexibility index (Phi) is 5.47. The van der Waals surface area contributed by atoms with Gasteiger partial charge in [-0.1, -0.05) is 17.7 Å². The number of anilines is 1. The van der Waals surface area contributed by atoms with Crippen molar-refractivity contribution in [3.05, 3.63) is 48.4 Å². The van der Waals surface area contributed by atoms with Crippen molar-refractivity contribution in [1.82, 2.24) is 19.6 Å². The highest BCUT2D eigenvalue weighted by atomic mass is 16.7. The van der Waals surface area contributed by atoms with Crippen LogP contribution in [0.4, 0.5) is 5.82 Å². The van der Waals surface area contributed by atoms with Crippen LogP contribution in [0, 0.1) is 12.3 Å². The van der Waals surface area contributed by atoms with Gasteiger partial charge in [0.05, 0.1) is 10.8 Å². The lowest BCUT2D eigenvalue weighted by Crippen LogP contribution is -2.42. The van der Waals surface area contributed by atoms with E-state index in [1.165, 1.54) is 5.56 Å². The quantitative estimate of drug-likeness (QED) is 0.702. The third-order valence-corrected chi connectivity index (χ3v) is 5.41. The number of nitrogens with zero attached hydrogens (tertiary/aromatic N) is 4. The molecule has 0 atom stereocenters. The summed E-state index contributed by atoms with van der Waals surface area (Å²) in [6.45, 7) is 9.10. The van der Waals surface area contributed by atoms with Gasteiger partial charge in [0.2, 0.25) is 0 Å². The molecule has 30 heavy (non-hydrogen) atoms. The summed E-state index contributed by atoms with van der Waals surface area (Å²) in [7, 11) is 0. The molecular formula is C23H29N5O2. The molecule has 0 saturated carbocycles. The number of fused-ring (bicyclic) bond motifs is 1. The summed E-state index contributed by atoms with van der Waals surface area (Å²) in [5.74, 6) is 0.653. The molecule has 7 nitrogen and oxygen atoms in total. The van der Waals surface area contributed by atoms with Gasteiger partial charge in [-0.2, -0.15) is 0 Å². The zero-order valence-electron chi connectivity index (χ0n) is 18.1. The molecule has 0 radical (unpaired) electrons. The minimum Gasteiger partial charge on any atom is -0.367 e. The van der Waals surface area contributed by atoms with Crippen LogP contribution in [0.5, 0.6) is 0 Å². The molecule has 1 aliphatic heterocycles. The second-order valence-electron chi connectivity index (χ2n) is 8.96. The van der Waals surface area contributed by atoms with E-state index in [0.29, 0.717) is 13.1 Å². The van der Waals surface area contributed by atoms with Gasteiger partial charge in [0.1, 0.15) is 17.8 Å². The van der Waals surface area contributed by atoms with Crippen LogP contribution >= 0.6 is 0 Å². The van der Waals surface area contributed by atoms with Crippen molar-refractivity contribution in [3.63, 3.8) is 0 Å². The second-order valence-corrected chi connectivity index (χ2v) is 8.96. The van der Waals surface area contributed by atoms with Gasteiger partial charge in [0.15, 0.2) is 0 Å². The Balaban J connectivity index is 1.44. The predicted molar refractivity (Wildman–Crippen MR) is 117 cm³/mol. The highest BCUT2D eigenvalue weighted by molar-refractivity contribution is 5.88. The summed E-state index contributed by atoms with van der Waals surface area (Å²) in [6, 6.07) is 10.7. The second kappa shape index (κ2) is 8.07. The average Bonchev–Trinajstić information content (AvgIpc) is 3.14. The molecule has 2 aromatic heterocycles. The van der Waals surface area contributed by atoms with Crippen LogP contribution < -0.4 is 5.32 Å². The number of hydroxylamine groups is 2. The Morgan fingerprint density at radius 1 is 1.10 bits per heavy atom. The number of hydrogen-bond donors (Lipinski definition) is 1. The van der Waals surface area contributed by atoms with E-state index in [0.717, 1.165) is 35.4 Å². The molecule has 0 unspecified atom stereocenters. The fourth-order valence-corrected chi connectivity index (χ4v) is 3.52. The third-order valence-electron chi connectivity index (χ3n) is 5.41. The normalized spacial score (nSPS) is 16.0. The van der Waals surface area contributed by atoms with Gasteiger partial charge >= 0.3 is 5.97 Å². The minimum absolute atomic E-state index is 0.191. The van der Waals surface area contributed by atoms with Crippen molar-refractivity contribution in [3.8, 4) is 5.69 Å². The Bertz CT molecular complexity index is 1030. The van der Waals surface area contributed by atoms with Crippen LogP contribution in [-0.2, 0) is 9.63 Å². The van der Waals surface area contributed by atoms with E-state index in [9.17, 15) is 4.79 Å². The topological polar surface area (TPSA) is 72.3 Å². The Morgan fingerprint density at radius 3 is 2.47 bits per heavy atom. The van der Waals surface area contributed by atoms with Gasteiger partial charge in [-0.25, -0.2) is 14.8 Å². The lowest BCUT2D eigenvalue weighted by Gasteiger charge is -2.32. The smallest absolute Gasteiger partial charge is 0.330 e. The molecule has 0 aliphatic carbocycles. The summed E-state index contributed by atoms with van der Waals surface area (Å²) < 4.78 is 2.08. The predicted octanol–water partition coefficient (Wildman–Crippen LogP) is 4.11. The molecule has 158 valence electrons. The van der Waals surface area contributed by atoms with Gasteiger partial charge < -0.3 is 14.7 Å². The maximum atomic E-state index is 12.1. The van der Waals surface area contributed by atoms with Crippen molar-refractivity contribution in [1.29, 1.82) is 0 Å². The molecule has 1 aliphatic rings. The molecule has 1 aromatic carbocycles. The fourth-order valence-electron chi connectivity index (χ4n) is 3.52. The summed E-state index contributed by atoms with van der Waals surface area (Å²) in [6.07, 6.45) is 5.39. The van der Waals surface area contributed by atoms with Crippen LogP contribution in [-0.4, -0.2) is 44.7 Å². The van der Waals surface area contributed by atoms with Gasteiger partial charge in [-0.15, -0.1) is 5.06 Å². The van der Waals surface area contributed by atoms with Crippen molar-refractivity contribution in [2.24, 2.45) is 5.41 Å². The molecule has 4 rings (SSSR count). The maximum Gasteiger partial charge on any atom is 0.330 e. The van der Waals surface area contributed by atoms with Gasteiger partial charge in [0.25, 0.3) is 0 Å². The molecule has 3 aromatic rings. The number of carbonyl (C=O) groups excluding carboxylic acids is 1. The zero-order chi connectivity index (χ0) is 21.3. The number of piperidine rings is 1. The number of carbonyl (C=O) groups is 1. The molecular weight excluding hydrogens is 378 g/mol. The van der Waals surface area contributed by atoms with E-state index in [1.54, 1.807) is 11.4 Å². The van der Waals surface area contributed by atoms with Crippen LogP contribution in [0.25, 0.3) is 16.7 Å². The van der Waals surface area contributed by atoms with Gasteiger partial charge in [-0.05, 0) is 58.7 Å². The number of benzene rings is 1. The number of hydrogen-bond acceptors (Lipinski definition) is 6. The molecule has 1 fully saturated rings. The summed E-state index contributed by atoms with van der Waals surface area (Å²) in [5.41, 5.74) is 2.69. The lowest BCUT2D eigenvalue weighted by atomic mass is 9.98. The van der Waals surface area contributed by atoms with Crippen LogP contribution in [0.2, 0.25) is 0 Å². The number of aromatic nitrogens is 3. The Hall–Kier alpha value is -2.93. The van der Waals surface area contributed by atoms with Crippen molar-refractivity contribution in [2.45, 2.75) is 46.6 Å². The number of nitrogens with one attached hydrogen (secondary N) is 1. The fraction of sp³-hybridized carbons (Fsp3) is 0.435. The third kappa shape index (κ3) is 4.31. The summed E-state index contributed by atoms with van der Waals surface area (Å²) in [4.78, 5) is 26.6. The Morgan fingerprint density at radius 2 is 1.80 bits per heavy atom. The van der Waals surface area contributed by atoms with E-state index >= 15 is 0 Å². The number of rotatable bonds is 4. The van der Waals surface area contributed by atoms with E-state index < -0.39 is 5.41 Å². The highest BCUT2D eigenvalue weighted by Crippen LogP contribution is 2.26. The number of aryl methyl sites for hydroxylation is 1. The average molecular weight is 408 g/mol. The first-order valence-electron chi connectivity index (χ1n) is 10.4. The zero-order valence-corrected chi connectivity index (χ0v) is 18.1. The monoisotopic (exact) mass is 407 g/mol. The van der Waals surface area contributed by atoms with Crippen molar-refractivity contribution < 1.29 is 9.63 Å². The van der Waals surface area contributed by atoms with Crippen LogP contribution in [0.3, 0.4) is 0 Å². The molecule has 1 N–H and O–H groups in total. The van der Waals surface area contributed by atoms with Gasteiger partial charge in [0, 0.05) is 31.0 Å². The standard InChI is InChI=1S/C23H29N5O2/c1-16-5-7-18(8-6-16)28-14-11-19-20(24-15-25-21(19)28)26-17-9-12-27(13-10-17)30-22(29)23(2,3)4/h5-8,11,14-15,17H,9-10,12-13H2,1-4H3,(H,24,25,26). The summed E-state index contributed by atoms with van der Waals surface area (Å²) >= 11 is 0. The van der Waals surface area contributed by atoms with Crippen molar-refractivity contribution in [2.75, 3.05) is 18.4 Å². The first-order chi connectivity index (χ1) is 14.3. The van der Waals surface area contributed by atoms with E-state index in [4.69, 9.17) is 4.84 Å². The van der Waals surface area contributed by atoms with E-state index in [2.05, 4.69) is 57.1 Å². The lowest BCUT2D eigenvalue weighted by molar-refractivity contribution is -0.204. The highest BCUT2D eigenvalue weighted by Gasteiger charge is 2.28. The molecule has 0 amide bonds. The first kappa shape index (κ1) is 20.3. The minimum atomic E-state index is -0.494. The molecule has 7 heteroatoms. The largest absolute Gasteiger partial charge is 0.367 e. The first-order valence-corrected chi connectivity index (χ1v) is 10.4. The van der Waals surface area contributed by atoms with E-state index in [1.807, 2.05) is 27.0 Å². The van der Waals surface area contributed by atoms with E-state index in [-0.39, 0.29) is 12.0 Å². The molecule has 1 saturated heterocycles. The Labute approximate surface area is 177 Å². The van der Waals surface area contributed by atoms with Crippen LogP contribution in [0.1, 0.15) is 39.2 Å². The van der Waals surface area contributed by atoms with Crippen molar-refractivity contribution >= 4 is 22.8 Å². The SMILES string of the molecule is Cc1ccc(-n2ccc3c(NC4CCN(OC(=O)C(C)(C)C)CC4)ncnc32)cc1. The molecule has 0 bridgehead atoms. The van der Waals surface area contributed by atoms with Crippen LogP contribution in [0.15, 0.2) is 42.9 Å². The maximum absolute atomic E-state index is 12.1.